The monoisotopic (exact) mass is 614 g/mol. The summed E-state index contributed by atoms with van der Waals surface area (Å²) >= 11 is 0. The molecule has 1 fully saturated rings. The smallest absolute Gasteiger partial charge is 0.318 e. The predicted octanol–water partition coefficient (Wildman–Crippen LogP) is 5.53. The summed E-state index contributed by atoms with van der Waals surface area (Å²) in [5, 5.41) is 6.72. The van der Waals surface area contributed by atoms with E-state index in [4.69, 9.17) is 0 Å². The SMILES string of the molecule is CN(C)CC1Cc2ccccc2N(C(=O)C(Cc2c[nH]c3ccccc23)NC(=O)N2CCN(c3cccc4ccccc34)CC2)C1. The third-order valence-electron chi connectivity index (χ3n) is 9.49. The van der Waals surface area contributed by atoms with Gasteiger partial charge in [0.25, 0.3) is 0 Å². The molecule has 8 nitrogen and oxygen atoms in total. The van der Waals surface area contributed by atoms with E-state index in [9.17, 15) is 9.59 Å². The van der Waals surface area contributed by atoms with Crippen LogP contribution in [-0.2, 0) is 17.6 Å². The number of hydrogen-bond donors (Lipinski definition) is 2. The van der Waals surface area contributed by atoms with E-state index < -0.39 is 6.04 Å². The Hall–Kier alpha value is -4.82. The minimum atomic E-state index is -0.714. The first-order chi connectivity index (χ1) is 22.4. The number of hydrogen-bond acceptors (Lipinski definition) is 4. The quantitative estimate of drug-likeness (QED) is 0.253. The Morgan fingerprint density at radius 2 is 1.54 bits per heavy atom. The van der Waals surface area contributed by atoms with Crippen LogP contribution in [0.4, 0.5) is 16.2 Å². The Morgan fingerprint density at radius 1 is 0.848 bits per heavy atom. The highest BCUT2D eigenvalue weighted by Gasteiger charge is 2.35. The summed E-state index contributed by atoms with van der Waals surface area (Å²) in [5.41, 5.74) is 5.36. The average molecular weight is 615 g/mol. The first-order valence-electron chi connectivity index (χ1n) is 16.3. The van der Waals surface area contributed by atoms with E-state index in [1.807, 2.05) is 52.4 Å². The molecule has 2 aliphatic heterocycles. The van der Waals surface area contributed by atoms with Gasteiger partial charge in [0.05, 0.1) is 0 Å². The van der Waals surface area contributed by atoms with Gasteiger partial charge >= 0.3 is 6.03 Å². The Balaban J connectivity index is 1.12. The van der Waals surface area contributed by atoms with Gasteiger partial charge in [0.1, 0.15) is 6.04 Å². The molecule has 5 aromatic rings. The molecular formula is C38H42N6O2. The third kappa shape index (κ3) is 6.05. The number of anilines is 2. The maximum atomic E-state index is 14.6. The maximum absolute atomic E-state index is 14.6. The molecule has 0 radical (unpaired) electrons. The fraction of sp³-hybridized carbons (Fsp3) is 0.316. The van der Waals surface area contributed by atoms with Gasteiger partial charge in [-0.3, -0.25) is 4.79 Å². The Kier molecular flexibility index (Phi) is 8.37. The van der Waals surface area contributed by atoms with Crippen LogP contribution in [0.2, 0.25) is 0 Å². The number of carbonyl (C=O) groups is 2. The molecule has 236 valence electrons. The molecule has 0 aliphatic carbocycles. The number of urea groups is 1. The molecule has 0 spiro atoms. The van der Waals surface area contributed by atoms with Gasteiger partial charge in [0, 0.05) is 79.6 Å². The fourth-order valence-corrected chi connectivity index (χ4v) is 7.31. The van der Waals surface area contributed by atoms with Crippen molar-refractivity contribution in [2.45, 2.75) is 18.9 Å². The van der Waals surface area contributed by atoms with E-state index in [-0.39, 0.29) is 11.9 Å². The number of carbonyl (C=O) groups excluding carboxylic acids is 2. The highest BCUT2D eigenvalue weighted by Crippen LogP contribution is 2.32. The number of fused-ring (bicyclic) bond motifs is 3. The summed E-state index contributed by atoms with van der Waals surface area (Å²) in [5.74, 6) is 0.240. The van der Waals surface area contributed by atoms with E-state index in [1.165, 1.54) is 22.0 Å². The molecule has 1 aromatic heterocycles. The van der Waals surface area contributed by atoms with Crippen molar-refractivity contribution in [1.82, 2.24) is 20.1 Å². The largest absolute Gasteiger partial charge is 0.367 e. The van der Waals surface area contributed by atoms with Crippen LogP contribution in [0, 0.1) is 5.92 Å². The van der Waals surface area contributed by atoms with Crippen LogP contribution >= 0.6 is 0 Å². The Labute approximate surface area is 270 Å². The Bertz CT molecular complexity index is 1850. The van der Waals surface area contributed by atoms with Crippen molar-refractivity contribution in [3.8, 4) is 0 Å². The number of H-pyrrole nitrogens is 1. The average Bonchev–Trinajstić information content (AvgIpc) is 3.49. The second-order valence-electron chi connectivity index (χ2n) is 12.9. The van der Waals surface area contributed by atoms with Gasteiger partial charge in [0.15, 0.2) is 0 Å². The number of nitrogens with zero attached hydrogens (tertiary/aromatic N) is 4. The molecule has 2 unspecified atom stereocenters. The van der Waals surface area contributed by atoms with Gasteiger partial charge in [0.2, 0.25) is 5.91 Å². The lowest BCUT2D eigenvalue weighted by Crippen LogP contribution is -2.58. The number of benzene rings is 4. The lowest BCUT2D eigenvalue weighted by atomic mass is 9.91. The molecule has 46 heavy (non-hydrogen) atoms. The van der Waals surface area contributed by atoms with E-state index in [2.05, 4.69) is 88.8 Å². The van der Waals surface area contributed by atoms with E-state index in [0.717, 1.165) is 48.2 Å². The first-order valence-corrected chi connectivity index (χ1v) is 16.3. The topological polar surface area (TPSA) is 74.9 Å². The van der Waals surface area contributed by atoms with Crippen LogP contribution in [-0.4, -0.2) is 86.1 Å². The molecule has 1 saturated heterocycles. The highest BCUT2D eigenvalue weighted by atomic mass is 16.2. The molecule has 0 saturated carbocycles. The van der Waals surface area contributed by atoms with Gasteiger partial charge in [-0.2, -0.15) is 0 Å². The van der Waals surface area contributed by atoms with Gasteiger partial charge < -0.3 is 29.9 Å². The number of piperazine rings is 1. The van der Waals surface area contributed by atoms with Crippen molar-refractivity contribution in [1.29, 1.82) is 0 Å². The zero-order valence-corrected chi connectivity index (χ0v) is 26.7. The molecular weight excluding hydrogens is 572 g/mol. The van der Waals surface area contributed by atoms with Crippen LogP contribution in [0.15, 0.2) is 97.2 Å². The summed E-state index contributed by atoms with van der Waals surface area (Å²) in [6.07, 6.45) is 3.30. The molecule has 3 heterocycles. The van der Waals surface area contributed by atoms with E-state index in [1.54, 1.807) is 0 Å². The summed E-state index contributed by atoms with van der Waals surface area (Å²) in [7, 11) is 4.15. The molecule has 8 heteroatoms. The van der Waals surface area contributed by atoms with Gasteiger partial charge in [-0.1, -0.05) is 72.8 Å². The molecule has 2 aliphatic rings. The van der Waals surface area contributed by atoms with Gasteiger partial charge in [-0.05, 0) is 61.1 Å². The van der Waals surface area contributed by atoms with Gasteiger partial charge in [-0.15, -0.1) is 0 Å². The normalized spacial score (nSPS) is 17.4. The molecule has 2 N–H and O–H groups in total. The first kappa shape index (κ1) is 29.9. The molecule has 4 aromatic carbocycles. The minimum Gasteiger partial charge on any atom is -0.367 e. The lowest BCUT2D eigenvalue weighted by Gasteiger charge is -2.39. The van der Waals surface area contributed by atoms with Crippen LogP contribution < -0.4 is 15.1 Å². The summed E-state index contributed by atoms with van der Waals surface area (Å²) < 4.78 is 0. The summed E-state index contributed by atoms with van der Waals surface area (Å²) in [6.45, 7) is 4.14. The van der Waals surface area contributed by atoms with Crippen molar-refractivity contribution in [3.63, 3.8) is 0 Å². The lowest BCUT2D eigenvalue weighted by molar-refractivity contribution is -0.120. The highest BCUT2D eigenvalue weighted by molar-refractivity contribution is 6.01. The summed E-state index contributed by atoms with van der Waals surface area (Å²) in [6, 6.07) is 30.2. The summed E-state index contributed by atoms with van der Waals surface area (Å²) in [4.78, 5) is 40.2. The molecule has 2 atom stereocenters. The number of amides is 3. The van der Waals surface area contributed by atoms with Crippen molar-refractivity contribution in [3.05, 3.63) is 108 Å². The zero-order valence-electron chi connectivity index (χ0n) is 26.7. The van der Waals surface area contributed by atoms with Crippen molar-refractivity contribution >= 4 is 45.0 Å². The molecule has 0 bridgehead atoms. The maximum Gasteiger partial charge on any atom is 0.318 e. The van der Waals surface area contributed by atoms with Crippen LogP contribution in [0.3, 0.4) is 0 Å². The Morgan fingerprint density at radius 3 is 2.37 bits per heavy atom. The van der Waals surface area contributed by atoms with Crippen molar-refractivity contribution in [2.24, 2.45) is 5.92 Å². The number of rotatable bonds is 7. The molecule has 3 amide bonds. The zero-order chi connectivity index (χ0) is 31.6. The minimum absolute atomic E-state index is 0.0658. The van der Waals surface area contributed by atoms with E-state index in [0.29, 0.717) is 32.0 Å². The van der Waals surface area contributed by atoms with Crippen LogP contribution in [0.1, 0.15) is 11.1 Å². The van der Waals surface area contributed by atoms with Crippen molar-refractivity contribution in [2.75, 3.05) is 63.2 Å². The van der Waals surface area contributed by atoms with Gasteiger partial charge in [-0.25, -0.2) is 4.79 Å². The van der Waals surface area contributed by atoms with Crippen LogP contribution in [0.5, 0.6) is 0 Å². The second kappa shape index (κ2) is 12.9. The van der Waals surface area contributed by atoms with Crippen molar-refractivity contribution < 1.29 is 9.59 Å². The standard InChI is InChI=1S/C38H42N6O2/c1-41(2)25-27-22-29-11-4-8-16-35(29)44(26-27)37(45)34(23-30-24-39-33-15-7-6-13-31(30)33)40-38(46)43-20-18-42(19-21-43)36-17-9-12-28-10-3-5-14-32(28)36/h3-17,24,27,34,39H,18-23,25-26H2,1-2H3,(H,40,46). The predicted molar refractivity (Wildman–Crippen MR) is 187 cm³/mol. The number of nitrogens with one attached hydrogen (secondary N) is 2. The fourth-order valence-electron chi connectivity index (χ4n) is 7.31. The molecule has 7 rings (SSSR count). The van der Waals surface area contributed by atoms with Crippen LogP contribution in [0.25, 0.3) is 21.7 Å². The number of para-hydroxylation sites is 2. The van der Waals surface area contributed by atoms with E-state index >= 15 is 0 Å². The number of aromatic nitrogens is 1. The second-order valence-corrected chi connectivity index (χ2v) is 12.9. The third-order valence-corrected chi connectivity index (χ3v) is 9.49. The number of aromatic amines is 1.